The van der Waals surface area contributed by atoms with E-state index in [1.165, 1.54) is 11.1 Å². The molecule has 0 aromatic heterocycles. The van der Waals surface area contributed by atoms with Crippen LogP contribution in [0.5, 0.6) is 0 Å². The Labute approximate surface area is 285 Å². The molecule has 1 fully saturated rings. The van der Waals surface area contributed by atoms with Gasteiger partial charge >= 0.3 is 6.65 Å². The van der Waals surface area contributed by atoms with Crippen LogP contribution in [0.2, 0.25) is 0 Å². The summed E-state index contributed by atoms with van der Waals surface area (Å²) in [6.07, 6.45) is 4.36. The summed E-state index contributed by atoms with van der Waals surface area (Å²) in [4.78, 5) is 0. The van der Waals surface area contributed by atoms with Gasteiger partial charge in [-0.2, -0.15) is 0 Å². The second kappa shape index (κ2) is 13.6. The molecule has 5 heteroatoms. The molecule has 0 bridgehead atoms. The van der Waals surface area contributed by atoms with Crippen molar-refractivity contribution in [3.8, 4) is 0 Å². The smallest absolute Gasteiger partial charge is 0.288 e. The van der Waals surface area contributed by atoms with Gasteiger partial charge in [0.1, 0.15) is 0 Å². The molecule has 5 aromatic carbocycles. The average molecular weight is 657 g/mol. The Bertz CT molecular complexity index is 1780. The molecule has 1 aliphatic rings. The Hall–Kier alpha value is -3.98. The van der Waals surface area contributed by atoms with Crippen molar-refractivity contribution in [3.05, 3.63) is 171 Å². The van der Waals surface area contributed by atoms with E-state index in [0.29, 0.717) is 0 Å². The second-order valence-corrected chi connectivity index (χ2v) is 17.8. The number of anilines is 2. The SMILES string of the molecule is Cc1cc(C)c(N2C(c3ccccc3)C(c3ccccc3)N(c3c(C)cc(C)cc3C)P2(=O)SC(C)/C=C/c2ccccc2)c(C)c1. The highest BCUT2D eigenvalue weighted by Crippen LogP contribution is 2.79. The quantitative estimate of drug-likeness (QED) is 0.155. The number of rotatable bonds is 8. The van der Waals surface area contributed by atoms with Crippen molar-refractivity contribution in [1.29, 1.82) is 0 Å². The van der Waals surface area contributed by atoms with E-state index >= 15 is 4.57 Å². The minimum absolute atomic E-state index is 0.0332. The van der Waals surface area contributed by atoms with Gasteiger partial charge in [0.25, 0.3) is 0 Å². The monoisotopic (exact) mass is 656 g/mol. The first-order valence-electron chi connectivity index (χ1n) is 16.4. The van der Waals surface area contributed by atoms with Crippen LogP contribution in [-0.2, 0) is 4.57 Å². The summed E-state index contributed by atoms with van der Waals surface area (Å²) in [5.74, 6) is 0. The first-order chi connectivity index (χ1) is 22.6. The number of benzene rings is 5. The van der Waals surface area contributed by atoms with Gasteiger partial charge in [0, 0.05) is 5.25 Å². The Morgan fingerprint density at radius 3 is 1.34 bits per heavy atom. The molecule has 3 atom stereocenters. The maximum Gasteiger partial charge on any atom is 0.321 e. The van der Waals surface area contributed by atoms with Crippen LogP contribution in [0.3, 0.4) is 0 Å². The third-order valence-corrected chi connectivity index (χ3v) is 14.7. The summed E-state index contributed by atoms with van der Waals surface area (Å²) >= 11 is 1.60. The van der Waals surface area contributed by atoms with Crippen LogP contribution >= 0.6 is 18.0 Å². The molecule has 1 aliphatic heterocycles. The number of hydrogen-bond donors (Lipinski definition) is 0. The molecular weight excluding hydrogens is 612 g/mol. The highest BCUT2D eigenvalue weighted by Gasteiger charge is 2.58. The minimum Gasteiger partial charge on any atom is -0.288 e. The minimum atomic E-state index is -3.46. The summed E-state index contributed by atoms with van der Waals surface area (Å²) in [7, 11) is 0. The molecule has 1 heterocycles. The van der Waals surface area contributed by atoms with Crippen LogP contribution in [0.15, 0.2) is 121 Å². The standard InChI is InChI=1S/C42H45N2OPS/c1-29-25-31(3)39(32(4)26-29)43-41(37-19-13-9-14-20-37)42(38-21-15-10-16-22-38)44(40-33(5)27-30(2)28-34(40)6)46(43,45)47-35(7)23-24-36-17-11-8-12-18-36/h8-28,35,41-42H,1-7H3/b24-23+. The highest BCUT2D eigenvalue weighted by atomic mass is 32.7. The lowest BCUT2D eigenvalue weighted by Gasteiger charge is -2.37. The number of nitrogens with zero attached hydrogens (tertiary/aromatic N) is 2. The largest absolute Gasteiger partial charge is 0.321 e. The second-order valence-electron chi connectivity index (χ2n) is 13.0. The van der Waals surface area contributed by atoms with Gasteiger partial charge in [0.05, 0.1) is 23.5 Å². The zero-order valence-corrected chi connectivity index (χ0v) is 30.2. The fourth-order valence-corrected chi connectivity index (χ4v) is 13.9. The molecular formula is C42H45N2OPS. The number of aryl methyl sites for hydroxylation is 6. The van der Waals surface area contributed by atoms with E-state index in [4.69, 9.17) is 0 Å². The van der Waals surface area contributed by atoms with Crippen LogP contribution in [0.4, 0.5) is 11.4 Å². The summed E-state index contributed by atoms with van der Waals surface area (Å²) < 4.78 is 21.5. The van der Waals surface area contributed by atoms with Crippen molar-refractivity contribution in [2.24, 2.45) is 0 Å². The van der Waals surface area contributed by atoms with Crippen LogP contribution in [0.1, 0.15) is 69.1 Å². The molecule has 0 spiro atoms. The molecule has 3 nitrogen and oxygen atoms in total. The van der Waals surface area contributed by atoms with Crippen LogP contribution in [-0.4, -0.2) is 5.25 Å². The molecule has 0 radical (unpaired) electrons. The maximum atomic E-state index is 16.8. The molecule has 6 rings (SSSR count). The molecule has 0 saturated carbocycles. The van der Waals surface area contributed by atoms with E-state index in [1.807, 2.05) is 6.07 Å². The maximum absolute atomic E-state index is 16.8. The van der Waals surface area contributed by atoms with E-state index in [0.717, 1.165) is 50.3 Å². The van der Waals surface area contributed by atoms with Gasteiger partial charge < -0.3 is 0 Å². The summed E-state index contributed by atoms with van der Waals surface area (Å²) in [6.45, 7) is 11.7. The third kappa shape index (κ3) is 6.47. The van der Waals surface area contributed by atoms with Crippen molar-refractivity contribution in [2.75, 3.05) is 9.34 Å². The molecule has 240 valence electrons. The lowest BCUT2D eigenvalue weighted by atomic mass is 9.91. The highest BCUT2D eigenvalue weighted by molar-refractivity contribution is 8.59. The van der Waals surface area contributed by atoms with Crippen LogP contribution < -0.4 is 9.34 Å². The van der Waals surface area contributed by atoms with Crippen LogP contribution in [0.25, 0.3) is 6.08 Å². The Morgan fingerprint density at radius 2 is 0.957 bits per heavy atom. The van der Waals surface area contributed by atoms with E-state index in [9.17, 15) is 0 Å². The molecule has 47 heavy (non-hydrogen) atoms. The van der Waals surface area contributed by atoms with Crippen molar-refractivity contribution in [2.45, 2.75) is 65.8 Å². The first kappa shape index (κ1) is 32.9. The van der Waals surface area contributed by atoms with Gasteiger partial charge in [-0.05, 0) is 98.8 Å². The van der Waals surface area contributed by atoms with E-state index < -0.39 is 6.65 Å². The Balaban J connectivity index is 1.67. The fraction of sp³-hybridized carbons (Fsp3) is 0.238. The zero-order valence-electron chi connectivity index (χ0n) is 28.5. The van der Waals surface area contributed by atoms with Gasteiger partial charge in [-0.3, -0.25) is 13.9 Å². The van der Waals surface area contributed by atoms with E-state index in [-0.39, 0.29) is 17.3 Å². The molecule has 1 saturated heterocycles. The van der Waals surface area contributed by atoms with Crippen LogP contribution in [0, 0.1) is 41.5 Å². The molecule has 3 unspecified atom stereocenters. The Kier molecular flexibility index (Phi) is 9.55. The number of hydrogen-bond acceptors (Lipinski definition) is 2. The van der Waals surface area contributed by atoms with Gasteiger partial charge in [-0.15, -0.1) is 0 Å². The summed E-state index contributed by atoms with van der Waals surface area (Å²) in [6, 6.07) is 40.3. The summed E-state index contributed by atoms with van der Waals surface area (Å²) in [5.41, 5.74) is 12.5. The first-order valence-corrected chi connectivity index (χ1v) is 19.5. The lowest BCUT2D eigenvalue weighted by molar-refractivity contribution is 0.583. The van der Waals surface area contributed by atoms with Crippen molar-refractivity contribution in [1.82, 2.24) is 0 Å². The zero-order chi connectivity index (χ0) is 33.3. The Morgan fingerprint density at radius 1 is 0.596 bits per heavy atom. The van der Waals surface area contributed by atoms with Gasteiger partial charge in [0.2, 0.25) is 0 Å². The molecule has 0 aliphatic carbocycles. The molecule has 0 amide bonds. The van der Waals surface area contributed by atoms with Crippen molar-refractivity contribution >= 4 is 35.5 Å². The van der Waals surface area contributed by atoms with Crippen molar-refractivity contribution < 1.29 is 4.57 Å². The van der Waals surface area contributed by atoms with E-state index in [1.54, 1.807) is 11.4 Å². The van der Waals surface area contributed by atoms with Gasteiger partial charge in [-0.25, -0.2) is 0 Å². The van der Waals surface area contributed by atoms with Crippen molar-refractivity contribution in [3.63, 3.8) is 0 Å². The normalized spacial score (nSPS) is 20.2. The molecule has 0 N–H and O–H groups in total. The third-order valence-electron chi connectivity index (χ3n) is 9.04. The van der Waals surface area contributed by atoms with E-state index in [2.05, 4.69) is 179 Å². The predicted octanol–water partition coefficient (Wildman–Crippen LogP) is 12.3. The van der Waals surface area contributed by atoms with Gasteiger partial charge in [0.15, 0.2) is 0 Å². The summed E-state index contributed by atoms with van der Waals surface area (Å²) in [5, 5.41) is -0.0332. The average Bonchev–Trinajstić information content (AvgIpc) is 3.28. The fourth-order valence-electron chi connectivity index (χ4n) is 7.40. The predicted molar refractivity (Wildman–Crippen MR) is 205 cm³/mol. The lowest BCUT2D eigenvalue weighted by Crippen LogP contribution is -2.25. The van der Waals surface area contributed by atoms with Gasteiger partial charge in [-0.1, -0.05) is 139 Å². The molecule has 5 aromatic rings. The topological polar surface area (TPSA) is 23.6 Å².